The molecule has 0 aliphatic heterocycles. The number of nitrogens with zero attached hydrogens (tertiary/aromatic N) is 1. The molecule has 1 aromatic rings. The van der Waals surface area contributed by atoms with Gasteiger partial charge in [-0.1, -0.05) is 13.0 Å². The van der Waals surface area contributed by atoms with E-state index >= 15 is 0 Å². The van der Waals surface area contributed by atoms with E-state index in [9.17, 15) is 18.3 Å². The Morgan fingerprint density at radius 2 is 2.00 bits per heavy atom. The second-order valence-electron chi connectivity index (χ2n) is 4.50. The zero-order valence-electron chi connectivity index (χ0n) is 12.5. The molecule has 0 saturated carbocycles. The van der Waals surface area contributed by atoms with Crippen LogP contribution >= 0.6 is 0 Å². The summed E-state index contributed by atoms with van der Waals surface area (Å²) in [6.45, 7) is 4.68. The van der Waals surface area contributed by atoms with Gasteiger partial charge in [-0.15, -0.1) is 0 Å². The fourth-order valence-corrected chi connectivity index (χ4v) is 3.04. The molecule has 0 heterocycles. The molecular weight excluding hydrogens is 294 g/mol. The van der Waals surface area contributed by atoms with E-state index in [1.54, 1.807) is 6.07 Å². The predicted octanol–water partition coefficient (Wildman–Crippen LogP) is 1.60. The molecule has 1 rings (SSSR count). The number of hydrogen-bond acceptors (Lipinski definition) is 4. The van der Waals surface area contributed by atoms with Gasteiger partial charge in [-0.3, -0.25) is 0 Å². The van der Waals surface area contributed by atoms with E-state index in [0.29, 0.717) is 25.2 Å². The zero-order valence-corrected chi connectivity index (χ0v) is 13.3. The zero-order chi connectivity index (χ0) is 16.0. The van der Waals surface area contributed by atoms with Crippen molar-refractivity contribution >= 4 is 16.0 Å². The molecule has 0 unspecified atom stereocenters. The van der Waals surface area contributed by atoms with Crippen molar-refractivity contribution < 1.29 is 23.1 Å². The van der Waals surface area contributed by atoms with E-state index in [2.05, 4.69) is 0 Å². The third-order valence-electron chi connectivity index (χ3n) is 3.16. The Morgan fingerprint density at radius 1 is 1.33 bits per heavy atom. The van der Waals surface area contributed by atoms with Crippen LogP contribution in [0, 0.1) is 0 Å². The lowest BCUT2D eigenvalue weighted by Crippen LogP contribution is -2.30. The SMILES string of the molecule is CCOCCN(C)S(=O)(=O)c1ccc(CC)c(C(=O)O)c1. The molecule has 1 N–H and O–H groups in total. The van der Waals surface area contributed by atoms with Crippen LogP contribution in [0.3, 0.4) is 0 Å². The van der Waals surface area contributed by atoms with Gasteiger partial charge in [-0.2, -0.15) is 4.31 Å². The average molecular weight is 315 g/mol. The van der Waals surface area contributed by atoms with Crippen LogP contribution in [0.15, 0.2) is 23.1 Å². The summed E-state index contributed by atoms with van der Waals surface area (Å²) < 4.78 is 31.1. The molecule has 0 atom stereocenters. The molecule has 0 amide bonds. The summed E-state index contributed by atoms with van der Waals surface area (Å²) in [5.41, 5.74) is 0.634. The number of carboxylic acids is 1. The number of aryl methyl sites for hydroxylation is 1. The first-order valence-electron chi connectivity index (χ1n) is 6.74. The van der Waals surface area contributed by atoms with Crippen molar-refractivity contribution in [2.75, 3.05) is 26.8 Å². The molecule has 0 fully saturated rings. The Kier molecular flexibility index (Phi) is 6.32. The van der Waals surface area contributed by atoms with Gasteiger partial charge in [0, 0.05) is 20.2 Å². The number of likely N-dealkylation sites (N-methyl/N-ethyl adjacent to an activating group) is 1. The standard InChI is InChI=1S/C14H21NO5S/c1-4-11-6-7-12(10-13(11)14(16)17)21(18,19)15(3)8-9-20-5-2/h6-7,10H,4-5,8-9H2,1-3H3,(H,16,17). The number of carbonyl (C=O) groups is 1. The van der Waals surface area contributed by atoms with Crippen LogP contribution in [0.25, 0.3) is 0 Å². The Morgan fingerprint density at radius 3 is 2.52 bits per heavy atom. The molecular formula is C14H21NO5S. The van der Waals surface area contributed by atoms with E-state index in [0.717, 1.165) is 4.31 Å². The number of sulfonamides is 1. The number of benzene rings is 1. The lowest BCUT2D eigenvalue weighted by atomic mass is 10.1. The van der Waals surface area contributed by atoms with Gasteiger partial charge < -0.3 is 9.84 Å². The van der Waals surface area contributed by atoms with Crippen molar-refractivity contribution in [3.05, 3.63) is 29.3 Å². The van der Waals surface area contributed by atoms with E-state index in [1.165, 1.54) is 19.2 Å². The van der Waals surface area contributed by atoms with Crippen molar-refractivity contribution in [3.8, 4) is 0 Å². The number of aromatic carboxylic acids is 1. The normalized spacial score (nSPS) is 11.8. The first-order chi connectivity index (χ1) is 9.84. The number of ether oxygens (including phenoxy) is 1. The van der Waals surface area contributed by atoms with Gasteiger partial charge in [0.1, 0.15) is 0 Å². The summed E-state index contributed by atoms with van der Waals surface area (Å²) in [7, 11) is -2.26. The third-order valence-corrected chi connectivity index (χ3v) is 5.01. The van der Waals surface area contributed by atoms with Gasteiger partial charge in [0.15, 0.2) is 0 Å². The van der Waals surface area contributed by atoms with E-state index in [-0.39, 0.29) is 17.0 Å². The second kappa shape index (κ2) is 7.53. The maximum atomic E-state index is 12.4. The molecule has 0 radical (unpaired) electrons. The maximum absolute atomic E-state index is 12.4. The lowest BCUT2D eigenvalue weighted by Gasteiger charge is -2.17. The predicted molar refractivity (Wildman–Crippen MR) is 79.1 cm³/mol. The Labute approximate surface area is 125 Å². The van der Waals surface area contributed by atoms with Gasteiger partial charge in [-0.05, 0) is 31.0 Å². The van der Waals surface area contributed by atoms with Crippen LogP contribution in [0.1, 0.15) is 29.8 Å². The second-order valence-corrected chi connectivity index (χ2v) is 6.55. The Balaban J connectivity index is 3.08. The van der Waals surface area contributed by atoms with Gasteiger partial charge in [0.2, 0.25) is 10.0 Å². The highest BCUT2D eigenvalue weighted by atomic mass is 32.2. The van der Waals surface area contributed by atoms with Gasteiger partial charge in [0.25, 0.3) is 0 Å². The van der Waals surface area contributed by atoms with Crippen LogP contribution < -0.4 is 0 Å². The van der Waals surface area contributed by atoms with E-state index in [4.69, 9.17) is 4.74 Å². The molecule has 118 valence electrons. The molecule has 0 aliphatic carbocycles. The van der Waals surface area contributed by atoms with Crippen molar-refractivity contribution in [1.82, 2.24) is 4.31 Å². The minimum atomic E-state index is -3.71. The quantitative estimate of drug-likeness (QED) is 0.737. The van der Waals surface area contributed by atoms with Crippen molar-refractivity contribution in [3.63, 3.8) is 0 Å². The molecule has 1 aromatic carbocycles. The van der Waals surface area contributed by atoms with Crippen LogP contribution in [-0.4, -0.2) is 50.6 Å². The van der Waals surface area contributed by atoms with E-state index in [1.807, 2.05) is 13.8 Å². The van der Waals surface area contributed by atoms with Crippen molar-refractivity contribution in [2.24, 2.45) is 0 Å². The lowest BCUT2D eigenvalue weighted by molar-refractivity contribution is 0.0695. The molecule has 0 aromatic heterocycles. The third kappa shape index (κ3) is 4.26. The fraction of sp³-hybridized carbons (Fsp3) is 0.500. The number of rotatable bonds is 8. The largest absolute Gasteiger partial charge is 0.478 e. The highest BCUT2D eigenvalue weighted by Crippen LogP contribution is 2.19. The topological polar surface area (TPSA) is 83.9 Å². The van der Waals surface area contributed by atoms with Crippen molar-refractivity contribution in [2.45, 2.75) is 25.2 Å². The summed E-state index contributed by atoms with van der Waals surface area (Å²) in [6.07, 6.45) is 0.530. The smallest absolute Gasteiger partial charge is 0.336 e. The molecule has 7 heteroatoms. The Bertz CT molecular complexity index is 597. The summed E-state index contributed by atoms with van der Waals surface area (Å²) in [5.74, 6) is -1.12. The van der Waals surface area contributed by atoms with Crippen LogP contribution in [0.2, 0.25) is 0 Å². The molecule has 0 aliphatic rings. The fourth-order valence-electron chi connectivity index (χ4n) is 1.86. The average Bonchev–Trinajstić information content (AvgIpc) is 2.46. The Hall–Kier alpha value is -1.44. The van der Waals surface area contributed by atoms with Gasteiger partial charge >= 0.3 is 5.97 Å². The molecule has 0 spiro atoms. The monoisotopic (exact) mass is 315 g/mol. The molecule has 0 saturated heterocycles. The summed E-state index contributed by atoms with van der Waals surface area (Å²) >= 11 is 0. The summed E-state index contributed by atoms with van der Waals surface area (Å²) in [6, 6.07) is 4.21. The molecule has 0 bridgehead atoms. The minimum absolute atomic E-state index is 0.0175. The number of carboxylic acid groups (broad SMARTS) is 1. The maximum Gasteiger partial charge on any atom is 0.336 e. The van der Waals surface area contributed by atoms with Gasteiger partial charge in [-0.25, -0.2) is 13.2 Å². The minimum Gasteiger partial charge on any atom is -0.478 e. The highest BCUT2D eigenvalue weighted by molar-refractivity contribution is 7.89. The summed E-state index contributed by atoms with van der Waals surface area (Å²) in [4.78, 5) is 11.2. The molecule has 21 heavy (non-hydrogen) atoms. The van der Waals surface area contributed by atoms with Crippen LogP contribution in [0.5, 0.6) is 0 Å². The number of hydrogen-bond donors (Lipinski definition) is 1. The van der Waals surface area contributed by atoms with Crippen molar-refractivity contribution in [1.29, 1.82) is 0 Å². The highest BCUT2D eigenvalue weighted by Gasteiger charge is 2.22. The van der Waals surface area contributed by atoms with Crippen LogP contribution in [-0.2, 0) is 21.2 Å². The van der Waals surface area contributed by atoms with Crippen LogP contribution in [0.4, 0.5) is 0 Å². The summed E-state index contributed by atoms with van der Waals surface area (Å²) in [5, 5.41) is 9.17. The molecule has 6 nitrogen and oxygen atoms in total. The van der Waals surface area contributed by atoms with Gasteiger partial charge in [0.05, 0.1) is 17.1 Å². The van der Waals surface area contributed by atoms with E-state index < -0.39 is 16.0 Å². The first kappa shape index (κ1) is 17.6. The first-order valence-corrected chi connectivity index (χ1v) is 8.18.